The van der Waals surface area contributed by atoms with Crippen molar-refractivity contribution in [2.45, 2.75) is 6.29 Å². The average Bonchev–Trinajstić information content (AvgIpc) is 1.23. The molecule has 0 aliphatic carbocycles. The first-order valence-electron chi connectivity index (χ1n) is 1.77. The van der Waals surface area contributed by atoms with Crippen LogP contribution in [-0.2, 0) is 0 Å². The van der Waals surface area contributed by atoms with E-state index >= 15 is 0 Å². The zero-order chi connectivity index (χ0) is 5.28. The van der Waals surface area contributed by atoms with Gasteiger partial charge in [-0.3, -0.25) is 11.5 Å². The molecule has 0 aromatic carbocycles. The van der Waals surface area contributed by atoms with E-state index in [4.69, 9.17) is 11.5 Å². The Hall–Kier alpha value is -0.880. The minimum atomic E-state index is -0.586. The maximum Gasteiger partial charge on any atom is 0.170 e. The summed E-state index contributed by atoms with van der Waals surface area (Å²) in [6.45, 7) is 0. The van der Waals surface area contributed by atoms with Crippen molar-refractivity contribution in [3.05, 3.63) is 0 Å². The predicted octanol–water partition coefficient (Wildman–Crippen LogP) is -2.02. The Balaban J connectivity index is 2.54. The summed E-state index contributed by atoms with van der Waals surface area (Å²) in [5, 5.41) is 9.01. The number of aromatic nitrogens is 4. The fourth-order valence-corrected chi connectivity index (χ4v) is 0.223. The van der Waals surface area contributed by atoms with Crippen molar-refractivity contribution in [1.29, 1.82) is 0 Å². The first kappa shape index (κ1) is 4.28. The monoisotopic (exact) mass is 102 g/mol. The van der Waals surface area contributed by atoms with Gasteiger partial charge in [0.25, 0.3) is 0 Å². The van der Waals surface area contributed by atoms with Crippen molar-refractivity contribution >= 4 is 0 Å². The second-order valence-corrected chi connectivity index (χ2v) is 1.12. The van der Waals surface area contributed by atoms with Gasteiger partial charge in [-0.15, -0.1) is 4.80 Å². The fraction of sp³-hybridized carbons (Fsp3) is 1.00. The Labute approximate surface area is 39.4 Å². The molecule has 0 spiro atoms. The van der Waals surface area contributed by atoms with Gasteiger partial charge in [-0.25, -0.2) is 0 Å². The molecule has 0 saturated heterocycles. The quantitative estimate of drug-likeness (QED) is 0.356. The zero-order valence-electron chi connectivity index (χ0n) is 3.57. The third kappa shape index (κ3) is 0.599. The number of hydrogen-bond acceptors (Lipinski definition) is 4. The van der Waals surface area contributed by atoms with Crippen LogP contribution in [-0.4, -0.2) is 20.4 Å². The summed E-state index contributed by atoms with van der Waals surface area (Å²) >= 11 is 0. The number of rotatable bonds is 1. The summed E-state index contributed by atoms with van der Waals surface area (Å²) in [6.07, 6.45) is -0.586. The largest absolute Gasteiger partial charge is 0.296 e. The van der Waals surface area contributed by atoms with E-state index in [0.29, 0.717) is 0 Å². The number of nitrogens with zero attached hydrogens (tertiary/aromatic N) is 3. The third-order valence-corrected chi connectivity index (χ3v) is 0.571. The van der Waals surface area contributed by atoms with Crippen LogP contribution in [0.1, 0.15) is 6.29 Å². The first-order chi connectivity index (χ1) is 3.30. The molecule has 1 aromatic rings. The lowest BCUT2D eigenvalue weighted by Crippen LogP contribution is -2.34. The van der Waals surface area contributed by atoms with Crippen LogP contribution in [0.15, 0.2) is 0 Å². The highest BCUT2D eigenvalue weighted by molar-refractivity contribution is 4.34. The molecule has 40 valence electrons. The number of hydrogen-bond donors (Lipinski definition) is 3. The van der Waals surface area contributed by atoms with Crippen molar-refractivity contribution in [1.82, 2.24) is 20.4 Å². The summed E-state index contributed by atoms with van der Waals surface area (Å²) in [5.74, 6) is 0. The molecule has 6 heteroatoms. The number of nitrogens with one attached hydrogen (secondary N) is 1. The number of nitrogens with two attached hydrogens (primary N) is 2. The highest BCUT2D eigenvalue weighted by Gasteiger charge is 1.95. The molecule has 0 aliphatic heterocycles. The minimum absolute atomic E-state index is 0.586. The Kier molecular flexibility index (Phi) is 0.807. The topological polar surface area (TPSA) is 98.5 Å². The van der Waals surface area contributed by atoms with Crippen LogP contribution in [0.25, 0.3) is 0 Å². The average molecular weight is 102 g/mol. The SMILES string of the molecule is NC(N)n1nn[nH]1. The highest BCUT2D eigenvalue weighted by Crippen LogP contribution is 1.74. The van der Waals surface area contributed by atoms with Gasteiger partial charge < -0.3 is 0 Å². The third-order valence-electron chi connectivity index (χ3n) is 0.571. The Morgan fingerprint density at radius 2 is 2.14 bits per heavy atom. The predicted molar refractivity (Wildman–Crippen MR) is 21.8 cm³/mol. The Morgan fingerprint density at radius 3 is 2.14 bits per heavy atom. The van der Waals surface area contributed by atoms with E-state index in [0.717, 1.165) is 0 Å². The summed E-state index contributed by atoms with van der Waals surface area (Å²) in [6, 6.07) is 0. The lowest BCUT2D eigenvalue weighted by molar-refractivity contribution is 0.301. The Bertz CT molecular complexity index is 116. The molecule has 1 rings (SSSR count). The zero-order valence-corrected chi connectivity index (χ0v) is 3.57. The summed E-state index contributed by atoms with van der Waals surface area (Å²) in [7, 11) is 0. The number of H-pyrrole nitrogens is 1. The van der Waals surface area contributed by atoms with Crippen molar-refractivity contribution in [3.63, 3.8) is 0 Å². The molecule has 1 aromatic heterocycles. The molecular weight excluding hydrogens is 96.1 g/mol. The smallest absolute Gasteiger partial charge is 0.170 e. The van der Waals surface area contributed by atoms with Gasteiger partial charge in [-0.05, 0) is 10.4 Å². The number of aromatic amines is 1. The van der Waals surface area contributed by atoms with Gasteiger partial charge in [-0.2, -0.15) is 5.21 Å². The van der Waals surface area contributed by atoms with Crippen molar-refractivity contribution in [2.24, 2.45) is 11.5 Å². The molecule has 0 unspecified atom stereocenters. The summed E-state index contributed by atoms with van der Waals surface area (Å²) in [5.41, 5.74) is 10.2. The molecule has 1 heterocycles. The molecule has 0 atom stereocenters. The van der Waals surface area contributed by atoms with E-state index < -0.39 is 6.29 Å². The van der Waals surface area contributed by atoms with Crippen LogP contribution >= 0.6 is 0 Å². The van der Waals surface area contributed by atoms with Crippen LogP contribution in [0, 0.1) is 0 Å². The Morgan fingerprint density at radius 1 is 1.57 bits per heavy atom. The first-order valence-corrected chi connectivity index (χ1v) is 1.77. The summed E-state index contributed by atoms with van der Waals surface area (Å²) in [4.78, 5) is 1.24. The van der Waals surface area contributed by atoms with Crippen LogP contribution in [0.5, 0.6) is 0 Å². The normalized spacial score (nSPS) is 10.7. The van der Waals surface area contributed by atoms with Crippen LogP contribution < -0.4 is 11.5 Å². The van der Waals surface area contributed by atoms with E-state index in [2.05, 4.69) is 15.6 Å². The molecule has 5 N–H and O–H groups in total. The minimum Gasteiger partial charge on any atom is -0.296 e. The van der Waals surface area contributed by atoms with E-state index in [9.17, 15) is 0 Å². The molecule has 0 amide bonds. The van der Waals surface area contributed by atoms with Gasteiger partial charge in [-0.1, -0.05) is 0 Å². The second kappa shape index (κ2) is 1.32. The summed E-state index contributed by atoms with van der Waals surface area (Å²) < 4.78 is 0. The van der Waals surface area contributed by atoms with Gasteiger partial charge in [0.05, 0.1) is 0 Å². The molecule has 0 aliphatic rings. The molecule has 0 saturated carbocycles. The molecule has 0 fully saturated rings. The fourth-order valence-electron chi connectivity index (χ4n) is 0.223. The van der Waals surface area contributed by atoms with E-state index in [1.165, 1.54) is 4.80 Å². The lowest BCUT2D eigenvalue weighted by Gasteiger charge is -2.06. The van der Waals surface area contributed by atoms with Gasteiger partial charge in [0, 0.05) is 0 Å². The highest BCUT2D eigenvalue weighted by atomic mass is 15.8. The lowest BCUT2D eigenvalue weighted by atomic mass is 11.0. The molecule has 7 heavy (non-hydrogen) atoms. The van der Waals surface area contributed by atoms with Crippen molar-refractivity contribution in [3.8, 4) is 0 Å². The van der Waals surface area contributed by atoms with Gasteiger partial charge in [0.2, 0.25) is 0 Å². The second-order valence-electron chi connectivity index (χ2n) is 1.12. The van der Waals surface area contributed by atoms with Gasteiger partial charge in [0.1, 0.15) is 0 Å². The molecular formula is CH6N6. The maximum atomic E-state index is 5.09. The van der Waals surface area contributed by atoms with E-state index in [-0.39, 0.29) is 0 Å². The van der Waals surface area contributed by atoms with E-state index in [1.807, 2.05) is 0 Å². The van der Waals surface area contributed by atoms with Gasteiger partial charge in [0.15, 0.2) is 6.29 Å². The van der Waals surface area contributed by atoms with Crippen LogP contribution in [0.4, 0.5) is 0 Å². The van der Waals surface area contributed by atoms with E-state index in [1.54, 1.807) is 0 Å². The van der Waals surface area contributed by atoms with Crippen LogP contribution in [0.2, 0.25) is 0 Å². The molecule has 6 nitrogen and oxygen atoms in total. The standard InChI is InChI=1S/CH6N6/c2-1(3)7-5-4-6-7/h1H,2-3H2,(H,5,6). The van der Waals surface area contributed by atoms with Crippen molar-refractivity contribution in [2.75, 3.05) is 0 Å². The molecule has 0 bridgehead atoms. The van der Waals surface area contributed by atoms with Gasteiger partial charge >= 0.3 is 0 Å². The van der Waals surface area contributed by atoms with Crippen molar-refractivity contribution < 1.29 is 0 Å². The maximum absolute atomic E-state index is 5.09. The van der Waals surface area contributed by atoms with Crippen LogP contribution in [0.3, 0.4) is 0 Å². The molecule has 0 radical (unpaired) electrons.